The maximum Gasteiger partial charge on any atom is 0.178 e. The Labute approximate surface area is 57.7 Å². The second-order valence-electron chi connectivity index (χ2n) is 2.06. The molecule has 1 aromatic rings. The van der Waals surface area contributed by atoms with Crippen LogP contribution in [0.25, 0.3) is 0 Å². The third-order valence-corrected chi connectivity index (χ3v) is 1.85. The fourth-order valence-corrected chi connectivity index (χ4v) is 1.31. The molecule has 0 fully saturated rings. The molecular formula is C5H7N3S. The minimum absolute atomic E-state index is 0.815. The SMILES string of the molecule is S=c1[nH]cc2n1CCN2. The topological polar surface area (TPSA) is 32.8 Å². The third-order valence-electron chi connectivity index (χ3n) is 1.51. The van der Waals surface area contributed by atoms with Crippen LogP contribution in [-0.4, -0.2) is 16.1 Å². The van der Waals surface area contributed by atoms with Crippen molar-refractivity contribution in [2.45, 2.75) is 6.54 Å². The highest BCUT2D eigenvalue weighted by atomic mass is 32.1. The summed E-state index contributed by atoms with van der Waals surface area (Å²) in [6.45, 7) is 2.01. The first kappa shape index (κ1) is 5.05. The van der Waals surface area contributed by atoms with E-state index in [-0.39, 0.29) is 0 Å². The summed E-state index contributed by atoms with van der Waals surface area (Å²) in [4.78, 5) is 2.95. The Hall–Kier alpha value is -0.770. The van der Waals surface area contributed by atoms with Gasteiger partial charge in [-0.3, -0.25) is 0 Å². The molecule has 0 radical (unpaired) electrons. The highest BCUT2D eigenvalue weighted by Crippen LogP contribution is 2.12. The molecule has 0 saturated heterocycles. The second kappa shape index (κ2) is 1.60. The Balaban J connectivity index is 2.70. The summed E-state index contributed by atoms with van der Waals surface area (Å²) in [5.74, 6) is 1.11. The molecule has 4 heteroatoms. The molecule has 0 aromatic carbocycles. The van der Waals surface area contributed by atoms with Gasteiger partial charge in [0.05, 0.1) is 0 Å². The number of imidazole rings is 1. The van der Waals surface area contributed by atoms with Gasteiger partial charge in [0.15, 0.2) is 4.77 Å². The first-order valence-corrected chi connectivity index (χ1v) is 3.31. The summed E-state index contributed by atoms with van der Waals surface area (Å²) in [5, 5.41) is 3.19. The highest BCUT2D eigenvalue weighted by molar-refractivity contribution is 7.71. The number of nitrogens with zero attached hydrogens (tertiary/aromatic N) is 1. The molecule has 0 spiro atoms. The summed E-state index contributed by atoms with van der Waals surface area (Å²) in [7, 11) is 0. The van der Waals surface area contributed by atoms with Crippen LogP contribution in [0.2, 0.25) is 0 Å². The molecule has 2 rings (SSSR count). The summed E-state index contributed by atoms with van der Waals surface area (Å²) in [6, 6.07) is 0. The van der Waals surface area contributed by atoms with Gasteiger partial charge in [0, 0.05) is 19.3 Å². The van der Waals surface area contributed by atoms with Crippen LogP contribution in [0.5, 0.6) is 0 Å². The molecule has 0 atom stereocenters. The minimum atomic E-state index is 0.815. The Morgan fingerprint density at radius 1 is 1.67 bits per heavy atom. The molecule has 1 aliphatic rings. The lowest BCUT2D eigenvalue weighted by Gasteiger charge is -1.88. The van der Waals surface area contributed by atoms with Gasteiger partial charge in [-0.2, -0.15) is 0 Å². The van der Waals surface area contributed by atoms with Crippen molar-refractivity contribution in [3.63, 3.8) is 0 Å². The summed E-state index contributed by atoms with van der Waals surface area (Å²) >= 11 is 4.98. The largest absolute Gasteiger partial charge is 0.368 e. The number of fused-ring (bicyclic) bond motifs is 1. The number of anilines is 1. The van der Waals surface area contributed by atoms with Gasteiger partial charge in [-0.05, 0) is 12.2 Å². The van der Waals surface area contributed by atoms with Crippen LogP contribution in [0.3, 0.4) is 0 Å². The molecule has 2 N–H and O–H groups in total. The van der Waals surface area contributed by atoms with Crippen LogP contribution in [0, 0.1) is 4.77 Å². The third kappa shape index (κ3) is 0.595. The van der Waals surface area contributed by atoms with Gasteiger partial charge < -0.3 is 14.9 Å². The van der Waals surface area contributed by atoms with Gasteiger partial charge in [0.2, 0.25) is 0 Å². The number of nitrogens with one attached hydrogen (secondary N) is 2. The average molecular weight is 141 g/mol. The zero-order valence-corrected chi connectivity index (χ0v) is 5.66. The van der Waals surface area contributed by atoms with E-state index in [0.717, 1.165) is 23.7 Å². The molecule has 9 heavy (non-hydrogen) atoms. The van der Waals surface area contributed by atoms with Crippen molar-refractivity contribution < 1.29 is 0 Å². The van der Waals surface area contributed by atoms with E-state index in [1.807, 2.05) is 6.20 Å². The Morgan fingerprint density at radius 3 is 3.33 bits per heavy atom. The van der Waals surface area contributed by atoms with Crippen LogP contribution in [0.4, 0.5) is 5.82 Å². The Morgan fingerprint density at radius 2 is 2.56 bits per heavy atom. The normalized spacial score (nSPS) is 15.1. The molecule has 0 bridgehead atoms. The molecule has 0 amide bonds. The quantitative estimate of drug-likeness (QED) is 0.528. The van der Waals surface area contributed by atoms with Crippen LogP contribution >= 0.6 is 12.2 Å². The molecule has 2 heterocycles. The summed E-state index contributed by atoms with van der Waals surface area (Å²) in [5.41, 5.74) is 0. The average Bonchev–Trinajstić information content (AvgIpc) is 2.35. The van der Waals surface area contributed by atoms with E-state index in [2.05, 4.69) is 14.9 Å². The number of H-pyrrole nitrogens is 1. The van der Waals surface area contributed by atoms with Gasteiger partial charge in [-0.15, -0.1) is 0 Å². The Kier molecular flexibility index (Phi) is 0.900. The van der Waals surface area contributed by atoms with Gasteiger partial charge in [-0.25, -0.2) is 0 Å². The fraction of sp³-hybridized carbons (Fsp3) is 0.400. The second-order valence-corrected chi connectivity index (χ2v) is 2.44. The van der Waals surface area contributed by atoms with Crippen molar-refractivity contribution in [3.8, 4) is 0 Å². The number of hydrogen-bond acceptors (Lipinski definition) is 2. The number of aromatic nitrogens is 2. The standard InChI is InChI=1S/C5H7N3S/c9-5-7-3-4-6-1-2-8(4)5/h3,6H,1-2H2,(H,7,9). The van der Waals surface area contributed by atoms with E-state index < -0.39 is 0 Å². The molecule has 3 nitrogen and oxygen atoms in total. The van der Waals surface area contributed by atoms with E-state index in [4.69, 9.17) is 12.2 Å². The number of rotatable bonds is 0. The van der Waals surface area contributed by atoms with Crippen molar-refractivity contribution >= 4 is 18.0 Å². The first-order chi connectivity index (χ1) is 4.38. The maximum absolute atomic E-state index is 4.98. The summed E-state index contributed by atoms with van der Waals surface area (Å²) in [6.07, 6.45) is 1.90. The molecule has 0 aliphatic carbocycles. The van der Waals surface area contributed by atoms with Crippen molar-refractivity contribution in [2.75, 3.05) is 11.9 Å². The van der Waals surface area contributed by atoms with E-state index in [1.165, 1.54) is 0 Å². The van der Waals surface area contributed by atoms with E-state index in [0.29, 0.717) is 0 Å². The van der Waals surface area contributed by atoms with E-state index in [1.54, 1.807) is 0 Å². The summed E-state index contributed by atoms with van der Waals surface area (Å²) < 4.78 is 2.87. The zero-order chi connectivity index (χ0) is 6.27. The van der Waals surface area contributed by atoms with E-state index in [9.17, 15) is 0 Å². The van der Waals surface area contributed by atoms with Crippen molar-refractivity contribution in [2.24, 2.45) is 0 Å². The van der Waals surface area contributed by atoms with E-state index >= 15 is 0 Å². The lowest BCUT2D eigenvalue weighted by atomic mass is 10.7. The predicted octanol–water partition coefficient (Wildman–Crippen LogP) is 0.971. The molecule has 0 saturated carbocycles. The number of hydrogen-bond donors (Lipinski definition) is 2. The molecule has 1 aliphatic heterocycles. The van der Waals surface area contributed by atoms with Gasteiger partial charge in [0.25, 0.3) is 0 Å². The van der Waals surface area contributed by atoms with Gasteiger partial charge in [-0.1, -0.05) is 0 Å². The van der Waals surface area contributed by atoms with Crippen molar-refractivity contribution in [3.05, 3.63) is 11.0 Å². The smallest absolute Gasteiger partial charge is 0.178 e. The monoisotopic (exact) mass is 141 g/mol. The van der Waals surface area contributed by atoms with Gasteiger partial charge >= 0.3 is 0 Å². The Bertz CT molecular complexity index is 272. The predicted molar refractivity (Wildman–Crippen MR) is 38.1 cm³/mol. The van der Waals surface area contributed by atoms with Gasteiger partial charge in [0.1, 0.15) is 5.82 Å². The maximum atomic E-state index is 4.98. The van der Waals surface area contributed by atoms with Crippen LogP contribution < -0.4 is 5.32 Å². The fourth-order valence-electron chi connectivity index (χ4n) is 1.06. The minimum Gasteiger partial charge on any atom is -0.368 e. The number of aromatic amines is 1. The lowest BCUT2D eigenvalue weighted by Crippen LogP contribution is -1.94. The molecular weight excluding hydrogens is 134 g/mol. The van der Waals surface area contributed by atoms with Crippen molar-refractivity contribution in [1.82, 2.24) is 9.55 Å². The first-order valence-electron chi connectivity index (χ1n) is 2.90. The molecule has 48 valence electrons. The molecule has 0 unspecified atom stereocenters. The molecule has 1 aromatic heterocycles. The van der Waals surface area contributed by atoms with Crippen LogP contribution in [-0.2, 0) is 6.54 Å². The van der Waals surface area contributed by atoms with Crippen LogP contribution in [0.15, 0.2) is 6.20 Å². The zero-order valence-electron chi connectivity index (χ0n) is 4.85. The lowest BCUT2D eigenvalue weighted by molar-refractivity contribution is 0.787. The van der Waals surface area contributed by atoms with Crippen molar-refractivity contribution in [1.29, 1.82) is 0 Å². The highest BCUT2D eigenvalue weighted by Gasteiger charge is 2.07. The van der Waals surface area contributed by atoms with Crippen LogP contribution in [0.1, 0.15) is 0 Å².